The average Bonchev–Trinajstić information content (AvgIpc) is 2.65. The summed E-state index contributed by atoms with van der Waals surface area (Å²) in [4.78, 5) is 26.5. The highest BCUT2D eigenvalue weighted by Crippen LogP contribution is 2.39. The summed E-state index contributed by atoms with van der Waals surface area (Å²) in [5.74, 6) is -0.0368. The fourth-order valence-electron chi connectivity index (χ4n) is 2.96. The number of aldehydes is 1. The minimum absolute atomic E-state index is 0.0540. The molecule has 1 aliphatic rings. The second kappa shape index (κ2) is 7.87. The van der Waals surface area contributed by atoms with Gasteiger partial charge in [-0.25, -0.2) is 0 Å². The molecular weight excluding hydrogens is 411 g/mol. The van der Waals surface area contributed by atoms with Crippen molar-refractivity contribution in [1.82, 2.24) is 0 Å². The quantitative estimate of drug-likeness (QED) is 0.509. The molecule has 0 spiro atoms. The van der Waals surface area contributed by atoms with Gasteiger partial charge in [-0.2, -0.15) is 0 Å². The van der Waals surface area contributed by atoms with Crippen molar-refractivity contribution in [2.24, 2.45) is 4.99 Å². The van der Waals surface area contributed by atoms with Gasteiger partial charge in [0.1, 0.15) is 29.6 Å². The Morgan fingerprint density at radius 3 is 2.10 bits per heavy atom. The van der Waals surface area contributed by atoms with Crippen LogP contribution in [0.3, 0.4) is 0 Å². The van der Waals surface area contributed by atoms with Gasteiger partial charge in [-0.05, 0) is 48.9 Å². The molecule has 2 atom stereocenters. The Kier molecular flexibility index (Phi) is 5.66. The van der Waals surface area contributed by atoms with Gasteiger partial charge in [-0.3, -0.25) is 9.79 Å². The van der Waals surface area contributed by atoms with Crippen LogP contribution in [0.5, 0.6) is 17.2 Å². The van der Waals surface area contributed by atoms with E-state index >= 15 is 0 Å². The van der Waals surface area contributed by atoms with Gasteiger partial charge in [0.2, 0.25) is 0 Å². The van der Waals surface area contributed by atoms with Crippen LogP contribution in [-0.4, -0.2) is 30.2 Å². The van der Waals surface area contributed by atoms with Gasteiger partial charge in [-0.1, -0.05) is 12.1 Å². The van der Waals surface area contributed by atoms with E-state index in [0.29, 0.717) is 23.3 Å². The maximum Gasteiger partial charge on any atom is 0.573 e. The summed E-state index contributed by atoms with van der Waals surface area (Å²) in [6, 6.07) is 10.0. The van der Waals surface area contributed by atoms with Gasteiger partial charge in [0.05, 0.1) is 0 Å². The van der Waals surface area contributed by atoms with Crippen LogP contribution in [0.15, 0.2) is 53.5 Å². The molecule has 2 aromatic rings. The zero-order valence-electron chi connectivity index (χ0n) is 15.1. The number of ketones is 1. The van der Waals surface area contributed by atoms with Gasteiger partial charge in [0.15, 0.2) is 10.7 Å². The Morgan fingerprint density at radius 2 is 1.59 bits per heavy atom. The molecule has 0 N–H and O–H groups in total. The number of benzene rings is 2. The number of carbonyl (C=O) groups is 2. The first-order valence-corrected chi connectivity index (χ1v) is 8.84. The molecule has 0 aromatic heterocycles. The zero-order chi connectivity index (χ0) is 21.2. The molecule has 5 nitrogen and oxygen atoms in total. The second-order valence-corrected chi connectivity index (χ2v) is 7.00. The van der Waals surface area contributed by atoms with E-state index in [-0.39, 0.29) is 23.7 Å². The molecule has 1 heterocycles. The number of hydrogen-bond acceptors (Lipinski definition) is 5. The highest BCUT2D eigenvalue weighted by atomic mass is 35.5. The lowest BCUT2D eigenvalue weighted by Gasteiger charge is -2.32. The summed E-state index contributed by atoms with van der Waals surface area (Å²) in [5.41, 5.74) is 0.945. The van der Waals surface area contributed by atoms with Gasteiger partial charge in [0.25, 0.3) is 0 Å². The maximum absolute atomic E-state index is 12.5. The van der Waals surface area contributed by atoms with Gasteiger partial charge in [0, 0.05) is 12.1 Å². The van der Waals surface area contributed by atoms with Crippen molar-refractivity contribution < 1.29 is 32.2 Å². The summed E-state index contributed by atoms with van der Waals surface area (Å²) in [5, 5.41) is 0. The van der Waals surface area contributed by atoms with E-state index in [4.69, 9.17) is 16.3 Å². The second-order valence-electron chi connectivity index (χ2n) is 6.40. The van der Waals surface area contributed by atoms with Crippen LogP contribution >= 0.6 is 11.6 Å². The minimum atomic E-state index is -4.77. The SMILES string of the molecule is CC1=NC(C=O)C(Cl)(c2ccc(Oc3ccc(OC(F)(F)F)cc3)cc2)C(=O)C1. The van der Waals surface area contributed by atoms with Crippen molar-refractivity contribution in [3.63, 3.8) is 0 Å². The Morgan fingerprint density at radius 1 is 1.07 bits per heavy atom. The Balaban J connectivity index is 1.77. The summed E-state index contributed by atoms with van der Waals surface area (Å²) < 4.78 is 46.0. The van der Waals surface area contributed by atoms with Crippen molar-refractivity contribution >= 4 is 29.4 Å². The number of ether oxygens (including phenoxy) is 2. The van der Waals surface area contributed by atoms with Gasteiger partial charge in [-0.15, -0.1) is 24.8 Å². The molecule has 152 valence electrons. The van der Waals surface area contributed by atoms with Crippen molar-refractivity contribution in [1.29, 1.82) is 0 Å². The molecule has 9 heteroatoms. The average molecular weight is 426 g/mol. The monoisotopic (exact) mass is 425 g/mol. The number of aliphatic imine (C=N–C) groups is 1. The Bertz CT molecular complexity index is 942. The van der Waals surface area contributed by atoms with Crippen LogP contribution in [0.2, 0.25) is 0 Å². The van der Waals surface area contributed by atoms with Crippen LogP contribution in [0.25, 0.3) is 0 Å². The number of halogens is 4. The fraction of sp³-hybridized carbons (Fsp3) is 0.250. The molecule has 29 heavy (non-hydrogen) atoms. The molecular formula is C20H15ClF3NO4. The largest absolute Gasteiger partial charge is 0.573 e. The number of carbonyl (C=O) groups excluding carboxylic acids is 2. The van der Waals surface area contributed by atoms with E-state index < -0.39 is 17.3 Å². The van der Waals surface area contributed by atoms with Crippen molar-refractivity contribution in [2.45, 2.75) is 30.6 Å². The summed E-state index contributed by atoms with van der Waals surface area (Å²) >= 11 is 6.53. The van der Waals surface area contributed by atoms with E-state index in [1.165, 1.54) is 12.1 Å². The molecule has 2 aromatic carbocycles. The number of nitrogens with zero attached hydrogens (tertiary/aromatic N) is 1. The van der Waals surface area contributed by atoms with E-state index in [1.54, 1.807) is 31.2 Å². The molecule has 0 aliphatic carbocycles. The summed E-state index contributed by atoms with van der Waals surface area (Å²) in [7, 11) is 0. The standard InChI is InChI=1S/C20H15ClF3NO4/c1-12-10-18(27)19(21,17(11-26)25-12)13-2-4-14(5-3-13)28-15-6-8-16(9-7-15)29-20(22,23)24/h2-9,11,17H,10H2,1H3. The van der Waals surface area contributed by atoms with Crippen molar-refractivity contribution in [2.75, 3.05) is 0 Å². The summed E-state index contributed by atoms with van der Waals surface area (Å²) in [6.45, 7) is 1.66. The van der Waals surface area contributed by atoms with Crippen LogP contribution < -0.4 is 9.47 Å². The minimum Gasteiger partial charge on any atom is -0.457 e. The molecule has 0 fully saturated rings. The highest BCUT2D eigenvalue weighted by molar-refractivity contribution is 6.39. The van der Waals surface area contributed by atoms with Crippen LogP contribution in [0.4, 0.5) is 13.2 Å². The summed E-state index contributed by atoms with van der Waals surface area (Å²) in [6.07, 6.45) is -4.17. The normalized spacial score (nSPS) is 22.0. The molecule has 2 unspecified atom stereocenters. The van der Waals surface area contributed by atoms with Crippen molar-refractivity contribution in [3.05, 3.63) is 54.1 Å². The van der Waals surface area contributed by atoms with Crippen LogP contribution in [0.1, 0.15) is 18.9 Å². The highest BCUT2D eigenvalue weighted by Gasteiger charge is 2.48. The lowest BCUT2D eigenvalue weighted by Crippen LogP contribution is -2.46. The molecule has 3 rings (SSSR count). The van der Waals surface area contributed by atoms with E-state index in [1.807, 2.05) is 0 Å². The van der Waals surface area contributed by atoms with E-state index in [0.717, 1.165) is 12.1 Å². The first kappa shape index (κ1) is 20.9. The predicted octanol–water partition coefficient (Wildman–Crippen LogP) is 4.81. The maximum atomic E-state index is 12.5. The molecule has 0 amide bonds. The molecule has 0 saturated carbocycles. The third kappa shape index (κ3) is 4.59. The first-order valence-electron chi connectivity index (χ1n) is 8.47. The van der Waals surface area contributed by atoms with Crippen LogP contribution in [-0.2, 0) is 14.5 Å². The third-order valence-corrected chi connectivity index (χ3v) is 4.94. The smallest absolute Gasteiger partial charge is 0.457 e. The molecule has 0 saturated heterocycles. The van der Waals surface area contributed by atoms with E-state index in [9.17, 15) is 22.8 Å². The number of rotatable bonds is 5. The van der Waals surface area contributed by atoms with Gasteiger partial charge < -0.3 is 14.3 Å². The fourth-order valence-corrected chi connectivity index (χ4v) is 3.26. The number of alkyl halides is 4. The number of hydrogen-bond donors (Lipinski definition) is 0. The lowest BCUT2D eigenvalue weighted by molar-refractivity contribution is -0.274. The van der Waals surface area contributed by atoms with Gasteiger partial charge >= 0.3 is 6.36 Å². The lowest BCUT2D eigenvalue weighted by atomic mass is 9.83. The van der Waals surface area contributed by atoms with Crippen molar-refractivity contribution in [3.8, 4) is 17.2 Å². The third-order valence-electron chi connectivity index (χ3n) is 4.29. The number of Topliss-reactive ketones (excluding diaryl/α,β-unsaturated/α-hetero) is 1. The molecule has 0 radical (unpaired) electrons. The van der Waals surface area contributed by atoms with E-state index in [2.05, 4.69) is 9.73 Å². The Labute approximate surface area is 169 Å². The first-order chi connectivity index (χ1) is 13.6. The van der Waals surface area contributed by atoms with Crippen LogP contribution in [0, 0.1) is 0 Å². The zero-order valence-corrected chi connectivity index (χ0v) is 15.8. The molecule has 1 aliphatic heterocycles. The predicted molar refractivity (Wildman–Crippen MR) is 99.8 cm³/mol. The molecule has 0 bridgehead atoms. The topological polar surface area (TPSA) is 65.0 Å². The Hall–Kier alpha value is -2.87.